The summed E-state index contributed by atoms with van der Waals surface area (Å²) < 4.78 is 13.1. The summed E-state index contributed by atoms with van der Waals surface area (Å²) >= 11 is 0. The number of hydrogen-bond donors (Lipinski definition) is 1. The maximum absolute atomic E-state index is 13.1. The lowest BCUT2D eigenvalue weighted by Crippen LogP contribution is -2.27. The molecule has 0 aliphatic carbocycles. The van der Waals surface area contributed by atoms with E-state index in [4.69, 9.17) is 0 Å². The number of phenolic OH excluding ortho intramolecular Hbond substituents is 1. The Morgan fingerprint density at radius 3 is 2.44 bits per heavy atom. The van der Waals surface area contributed by atoms with E-state index in [9.17, 15) is 14.4 Å². The Morgan fingerprint density at radius 1 is 1.08 bits per heavy atom. The number of halogens is 1. The normalized spacial score (nSPS) is 13.4. The predicted molar refractivity (Wildman–Crippen MR) is 96.9 cm³/mol. The maximum Gasteiger partial charge on any atom is 0.149 e. The molecule has 0 atom stereocenters. The molecule has 25 heavy (non-hydrogen) atoms. The Kier molecular flexibility index (Phi) is 3.53. The molecule has 5 nitrogen and oxygen atoms in total. The Labute approximate surface area is 143 Å². The second kappa shape index (κ2) is 5.73. The van der Waals surface area contributed by atoms with Crippen molar-refractivity contribution in [1.82, 2.24) is 0 Å². The van der Waals surface area contributed by atoms with Gasteiger partial charge in [0, 0.05) is 24.4 Å². The van der Waals surface area contributed by atoms with Gasteiger partial charge in [-0.1, -0.05) is 36.4 Å². The molecule has 1 heterocycles. The van der Waals surface area contributed by atoms with Crippen molar-refractivity contribution in [3.63, 3.8) is 0 Å². The lowest BCUT2D eigenvalue weighted by Gasteiger charge is -2.20. The van der Waals surface area contributed by atoms with Crippen molar-refractivity contribution in [1.29, 1.82) is 0 Å². The predicted octanol–water partition coefficient (Wildman–Crippen LogP) is 4.50. The van der Waals surface area contributed by atoms with Crippen LogP contribution >= 0.6 is 0 Å². The van der Waals surface area contributed by atoms with Crippen LogP contribution in [-0.4, -0.2) is 18.8 Å². The zero-order valence-electron chi connectivity index (χ0n) is 13.6. The van der Waals surface area contributed by atoms with Gasteiger partial charge in [0.25, 0.3) is 0 Å². The van der Waals surface area contributed by atoms with Crippen LogP contribution in [0.5, 0.6) is 5.75 Å². The monoisotopic (exact) mass is 337 g/mol. The van der Waals surface area contributed by atoms with Gasteiger partial charge in [-0.3, -0.25) is 0 Å². The second-order valence-corrected chi connectivity index (χ2v) is 6.20. The third-order valence-electron chi connectivity index (χ3n) is 4.57. The van der Waals surface area contributed by atoms with Crippen LogP contribution in [0.1, 0.15) is 5.56 Å². The zero-order chi connectivity index (χ0) is 17.6. The van der Waals surface area contributed by atoms with Crippen LogP contribution < -0.4 is 9.80 Å². The third kappa shape index (κ3) is 2.38. The van der Waals surface area contributed by atoms with Crippen molar-refractivity contribution in [2.45, 2.75) is 6.54 Å². The van der Waals surface area contributed by atoms with Crippen LogP contribution in [-0.2, 0) is 6.54 Å². The Morgan fingerprint density at radius 2 is 1.76 bits per heavy atom. The van der Waals surface area contributed by atoms with Gasteiger partial charge in [-0.05, 0) is 22.9 Å². The van der Waals surface area contributed by atoms with E-state index >= 15 is 0 Å². The number of anilines is 2. The van der Waals surface area contributed by atoms with E-state index in [1.807, 2.05) is 29.0 Å². The number of benzene rings is 3. The molecule has 0 saturated heterocycles. The molecule has 0 aromatic heterocycles. The molecule has 4 rings (SSSR count). The molecule has 126 valence electrons. The molecule has 0 saturated carbocycles. The van der Waals surface area contributed by atoms with Gasteiger partial charge in [0.05, 0.1) is 12.4 Å². The summed E-state index contributed by atoms with van der Waals surface area (Å²) in [5, 5.41) is 15.3. The molecule has 0 spiro atoms. The molecule has 0 amide bonds. The van der Waals surface area contributed by atoms with Crippen molar-refractivity contribution < 1.29 is 9.50 Å². The molecular formula is C19H16FN3O2. The van der Waals surface area contributed by atoms with Crippen LogP contribution in [0.25, 0.3) is 10.8 Å². The van der Waals surface area contributed by atoms with Crippen LogP contribution in [0, 0.1) is 10.7 Å². The van der Waals surface area contributed by atoms with Crippen molar-refractivity contribution >= 4 is 27.8 Å². The average molecular weight is 337 g/mol. The summed E-state index contributed by atoms with van der Waals surface area (Å²) in [5.74, 6) is -0.159. The number of aromatic hydroxyl groups is 1. The number of nitroso groups, excluding NO2 is 1. The summed E-state index contributed by atoms with van der Waals surface area (Å²) in [4.78, 5) is 15.4. The van der Waals surface area contributed by atoms with E-state index < -0.39 is 0 Å². The number of rotatable bonds is 3. The third-order valence-corrected chi connectivity index (χ3v) is 4.57. The van der Waals surface area contributed by atoms with E-state index in [0.717, 1.165) is 5.56 Å². The van der Waals surface area contributed by atoms with Gasteiger partial charge in [-0.15, -0.1) is 4.91 Å². The van der Waals surface area contributed by atoms with Crippen molar-refractivity contribution in [2.24, 2.45) is 5.18 Å². The number of phenols is 1. The molecular weight excluding hydrogens is 321 g/mol. The minimum atomic E-state index is -0.288. The molecule has 0 fully saturated rings. The van der Waals surface area contributed by atoms with Gasteiger partial charge < -0.3 is 14.9 Å². The first-order valence-corrected chi connectivity index (χ1v) is 7.91. The fourth-order valence-corrected chi connectivity index (χ4v) is 3.47. The van der Waals surface area contributed by atoms with Gasteiger partial charge in [0.1, 0.15) is 22.9 Å². The molecule has 6 heteroatoms. The highest BCUT2D eigenvalue weighted by molar-refractivity contribution is 6.10. The molecule has 3 aromatic carbocycles. The average Bonchev–Trinajstić information content (AvgIpc) is 2.94. The van der Waals surface area contributed by atoms with Crippen LogP contribution in [0.2, 0.25) is 0 Å². The van der Waals surface area contributed by atoms with Gasteiger partial charge in [-0.25, -0.2) is 4.39 Å². The first-order valence-electron chi connectivity index (χ1n) is 7.91. The summed E-state index contributed by atoms with van der Waals surface area (Å²) in [7, 11) is 1.85. The van der Waals surface area contributed by atoms with E-state index in [-0.39, 0.29) is 11.6 Å². The smallest absolute Gasteiger partial charge is 0.149 e. The van der Waals surface area contributed by atoms with Crippen molar-refractivity contribution in [2.75, 3.05) is 23.5 Å². The maximum atomic E-state index is 13.1. The summed E-state index contributed by atoms with van der Waals surface area (Å²) in [6.07, 6.45) is 0. The van der Waals surface area contributed by atoms with Crippen LogP contribution in [0.15, 0.2) is 53.7 Å². The Balaban J connectivity index is 1.88. The standard InChI is InChI=1S/C19H16FN3O2/c1-22-11-23(10-12-6-8-13(20)9-7-12)18-17(22)16(21-25)14-4-2-3-5-15(14)19(18)24/h2-9,24H,10-11H2,1H3. The lowest BCUT2D eigenvalue weighted by atomic mass is 10.0. The highest BCUT2D eigenvalue weighted by Crippen LogP contribution is 2.53. The minimum Gasteiger partial charge on any atom is -0.505 e. The van der Waals surface area contributed by atoms with E-state index in [2.05, 4.69) is 5.18 Å². The highest BCUT2D eigenvalue weighted by Gasteiger charge is 2.32. The molecule has 1 aliphatic heterocycles. The molecule has 0 unspecified atom stereocenters. The molecule has 1 N–H and O–H groups in total. The van der Waals surface area contributed by atoms with Gasteiger partial charge in [0.15, 0.2) is 0 Å². The van der Waals surface area contributed by atoms with E-state index in [0.29, 0.717) is 41.0 Å². The summed E-state index contributed by atoms with van der Waals surface area (Å²) in [5.41, 5.74) is 2.44. The van der Waals surface area contributed by atoms with Gasteiger partial charge >= 0.3 is 0 Å². The largest absolute Gasteiger partial charge is 0.505 e. The Hall–Kier alpha value is -3.15. The number of nitrogens with zero attached hydrogens (tertiary/aromatic N) is 3. The molecule has 0 radical (unpaired) electrons. The first kappa shape index (κ1) is 15.4. The molecule has 1 aliphatic rings. The van der Waals surface area contributed by atoms with Crippen LogP contribution in [0.4, 0.5) is 21.5 Å². The summed E-state index contributed by atoms with van der Waals surface area (Å²) in [6.45, 7) is 0.987. The number of fused-ring (bicyclic) bond motifs is 2. The highest BCUT2D eigenvalue weighted by atomic mass is 19.1. The van der Waals surface area contributed by atoms with Crippen molar-refractivity contribution in [3.8, 4) is 5.75 Å². The zero-order valence-corrected chi connectivity index (χ0v) is 13.6. The van der Waals surface area contributed by atoms with E-state index in [1.54, 1.807) is 24.3 Å². The molecule has 0 bridgehead atoms. The van der Waals surface area contributed by atoms with Crippen molar-refractivity contribution in [3.05, 3.63) is 64.8 Å². The molecule has 3 aromatic rings. The topological polar surface area (TPSA) is 56.1 Å². The Bertz CT molecular complexity index is 973. The lowest BCUT2D eigenvalue weighted by molar-refractivity contribution is 0.481. The quantitative estimate of drug-likeness (QED) is 0.715. The fraction of sp³-hybridized carbons (Fsp3) is 0.158. The fourth-order valence-electron chi connectivity index (χ4n) is 3.47. The second-order valence-electron chi connectivity index (χ2n) is 6.20. The van der Waals surface area contributed by atoms with Gasteiger partial charge in [-0.2, -0.15) is 0 Å². The van der Waals surface area contributed by atoms with Crippen LogP contribution in [0.3, 0.4) is 0 Å². The SMILES string of the molecule is CN1CN(Cc2ccc(F)cc2)c2c1c(N=O)c1ccccc1c2O. The number of hydrogen-bond acceptors (Lipinski definition) is 5. The van der Waals surface area contributed by atoms with E-state index in [1.165, 1.54) is 12.1 Å². The minimum absolute atomic E-state index is 0.129. The summed E-state index contributed by atoms with van der Waals surface area (Å²) in [6, 6.07) is 13.4. The van der Waals surface area contributed by atoms with Gasteiger partial charge in [0.2, 0.25) is 0 Å². The first-order chi connectivity index (χ1) is 12.1.